The van der Waals surface area contributed by atoms with Crippen LogP contribution in [0.25, 0.3) is 0 Å². The van der Waals surface area contributed by atoms with Crippen LogP contribution in [-0.2, 0) is 17.8 Å². The van der Waals surface area contributed by atoms with E-state index in [0.29, 0.717) is 18.9 Å². The molecule has 0 saturated carbocycles. The zero-order chi connectivity index (χ0) is 16.2. The highest BCUT2D eigenvalue weighted by Crippen LogP contribution is 2.34. The Morgan fingerprint density at radius 1 is 1.35 bits per heavy atom. The van der Waals surface area contributed by atoms with E-state index in [0.717, 1.165) is 37.5 Å². The number of fused-ring (bicyclic) bond motifs is 1. The summed E-state index contributed by atoms with van der Waals surface area (Å²) in [4.78, 5) is 16.4. The maximum atomic E-state index is 12.1. The molecule has 0 bridgehead atoms. The lowest BCUT2D eigenvalue weighted by Gasteiger charge is -2.12. The van der Waals surface area contributed by atoms with Crippen molar-refractivity contribution in [1.82, 2.24) is 20.1 Å². The van der Waals surface area contributed by atoms with Gasteiger partial charge in [0.25, 0.3) is 0 Å². The second kappa shape index (κ2) is 6.94. The van der Waals surface area contributed by atoms with Gasteiger partial charge in [0.2, 0.25) is 5.91 Å². The van der Waals surface area contributed by atoms with Crippen molar-refractivity contribution in [1.29, 1.82) is 0 Å². The van der Waals surface area contributed by atoms with E-state index in [9.17, 15) is 4.79 Å². The molecule has 0 saturated heterocycles. The first kappa shape index (κ1) is 15.7. The van der Waals surface area contributed by atoms with Crippen LogP contribution in [0.1, 0.15) is 48.0 Å². The molecule has 0 radical (unpaired) electrons. The van der Waals surface area contributed by atoms with E-state index in [-0.39, 0.29) is 5.91 Å². The SMILES string of the molecule is Cc1nc(C)n(CCCNC(=O)C[C@H]2CCc3ccccc32)n1. The molecular weight excluding hydrogens is 288 g/mol. The molecule has 0 aliphatic heterocycles. The van der Waals surface area contributed by atoms with E-state index < -0.39 is 0 Å². The zero-order valence-corrected chi connectivity index (χ0v) is 13.9. The quantitative estimate of drug-likeness (QED) is 0.834. The molecule has 3 rings (SSSR count). The first-order chi connectivity index (χ1) is 11.1. The Bertz CT molecular complexity index is 692. The minimum absolute atomic E-state index is 0.151. The van der Waals surface area contributed by atoms with Crippen molar-refractivity contribution in [3.8, 4) is 0 Å². The molecule has 122 valence electrons. The fourth-order valence-electron chi connectivity index (χ4n) is 3.38. The van der Waals surface area contributed by atoms with Crippen molar-refractivity contribution in [2.24, 2.45) is 0 Å². The summed E-state index contributed by atoms with van der Waals surface area (Å²) in [5.41, 5.74) is 2.76. The van der Waals surface area contributed by atoms with Crippen LogP contribution in [0.2, 0.25) is 0 Å². The standard InChI is InChI=1S/C18H24N4O/c1-13-20-14(2)22(21-13)11-5-10-19-18(23)12-16-9-8-15-6-3-4-7-17(15)16/h3-4,6-7,16H,5,8-12H2,1-2H3,(H,19,23)/t16-/m1/s1. The second-order valence-corrected chi connectivity index (χ2v) is 6.27. The molecule has 1 amide bonds. The number of hydrogen-bond donors (Lipinski definition) is 1. The van der Waals surface area contributed by atoms with E-state index in [2.05, 4.69) is 39.7 Å². The molecule has 1 heterocycles. The van der Waals surface area contributed by atoms with Crippen molar-refractivity contribution >= 4 is 5.91 Å². The number of hydrogen-bond acceptors (Lipinski definition) is 3. The van der Waals surface area contributed by atoms with E-state index in [1.807, 2.05) is 18.5 Å². The maximum absolute atomic E-state index is 12.1. The molecule has 5 nitrogen and oxygen atoms in total. The van der Waals surface area contributed by atoms with Gasteiger partial charge in [-0.2, -0.15) is 5.10 Å². The summed E-state index contributed by atoms with van der Waals surface area (Å²) in [6.45, 7) is 5.32. The topological polar surface area (TPSA) is 59.8 Å². The van der Waals surface area contributed by atoms with Gasteiger partial charge in [-0.05, 0) is 50.2 Å². The lowest BCUT2D eigenvalue weighted by Crippen LogP contribution is -2.26. The monoisotopic (exact) mass is 312 g/mol. The first-order valence-electron chi connectivity index (χ1n) is 8.36. The lowest BCUT2D eigenvalue weighted by atomic mass is 9.97. The molecular formula is C18H24N4O. The minimum Gasteiger partial charge on any atom is -0.356 e. The van der Waals surface area contributed by atoms with Gasteiger partial charge in [-0.3, -0.25) is 9.48 Å². The molecule has 23 heavy (non-hydrogen) atoms. The summed E-state index contributed by atoms with van der Waals surface area (Å²) in [5, 5.41) is 7.36. The Morgan fingerprint density at radius 2 is 2.17 bits per heavy atom. The number of aryl methyl sites for hydroxylation is 4. The minimum atomic E-state index is 0.151. The predicted octanol–water partition coefficient (Wildman–Crippen LogP) is 2.52. The molecule has 1 aromatic heterocycles. The third kappa shape index (κ3) is 3.78. The largest absolute Gasteiger partial charge is 0.356 e. The molecule has 0 spiro atoms. The second-order valence-electron chi connectivity index (χ2n) is 6.27. The normalized spacial score (nSPS) is 16.3. The summed E-state index contributed by atoms with van der Waals surface area (Å²) in [5.74, 6) is 2.26. The van der Waals surface area contributed by atoms with Crippen LogP contribution in [0.3, 0.4) is 0 Å². The molecule has 0 fully saturated rings. The Morgan fingerprint density at radius 3 is 2.96 bits per heavy atom. The first-order valence-corrected chi connectivity index (χ1v) is 8.36. The van der Waals surface area contributed by atoms with Crippen LogP contribution in [-0.4, -0.2) is 27.2 Å². The van der Waals surface area contributed by atoms with Crippen LogP contribution >= 0.6 is 0 Å². The smallest absolute Gasteiger partial charge is 0.220 e. The summed E-state index contributed by atoms with van der Waals surface area (Å²) in [7, 11) is 0. The van der Waals surface area contributed by atoms with Crippen LogP contribution in [0.15, 0.2) is 24.3 Å². The van der Waals surface area contributed by atoms with E-state index in [4.69, 9.17) is 0 Å². The predicted molar refractivity (Wildman–Crippen MR) is 89.2 cm³/mol. The number of aromatic nitrogens is 3. The molecule has 1 aliphatic rings. The highest BCUT2D eigenvalue weighted by molar-refractivity contribution is 5.77. The van der Waals surface area contributed by atoms with Gasteiger partial charge in [0, 0.05) is 19.5 Å². The van der Waals surface area contributed by atoms with Crippen molar-refractivity contribution in [2.75, 3.05) is 6.54 Å². The van der Waals surface area contributed by atoms with Gasteiger partial charge >= 0.3 is 0 Å². The van der Waals surface area contributed by atoms with Crippen LogP contribution in [0.5, 0.6) is 0 Å². The molecule has 1 aliphatic carbocycles. The van der Waals surface area contributed by atoms with Gasteiger partial charge in [-0.1, -0.05) is 24.3 Å². The van der Waals surface area contributed by atoms with Crippen LogP contribution in [0.4, 0.5) is 0 Å². The Kier molecular flexibility index (Phi) is 4.74. The molecule has 1 N–H and O–H groups in total. The lowest BCUT2D eigenvalue weighted by molar-refractivity contribution is -0.121. The van der Waals surface area contributed by atoms with Crippen molar-refractivity contribution in [3.63, 3.8) is 0 Å². The summed E-state index contributed by atoms with van der Waals surface area (Å²) >= 11 is 0. The van der Waals surface area contributed by atoms with Crippen molar-refractivity contribution < 1.29 is 4.79 Å². The van der Waals surface area contributed by atoms with Gasteiger partial charge in [-0.25, -0.2) is 4.98 Å². The van der Waals surface area contributed by atoms with Gasteiger partial charge in [-0.15, -0.1) is 0 Å². The highest BCUT2D eigenvalue weighted by Gasteiger charge is 2.23. The number of nitrogens with one attached hydrogen (secondary N) is 1. The van der Waals surface area contributed by atoms with Crippen molar-refractivity contribution in [2.45, 2.75) is 52.0 Å². The maximum Gasteiger partial charge on any atom is 0.220 e. The van der Waals surface area contributed by atoms with E-state index in [1.54, 1.807) is 0 Å². The van der Waals surface area contributed by atoms with Crippen molar-refractivity contribution in [3.05, 3.63) is 47.0 Å². The summed E-state index contributed by atoms with van der Waals surface area (Å²) in [6, 6.07) is 8.48. The summed E-state index contributed by atoms with van der Waals surface area (Å²) in [6.07, 6.45) is 3.65. The number of rotatable bonds is 6. The average molecular weight is 312 g/mol. The fourth-order valence-corrected chi connectivity index (χ4v) is 3.38. The molecule has 5 heteroatoms. The average Bonchev–Trinajstić information content (AvgIpc) is 3.07. The Labute approximate surface area is 137 Å². The van der Waals surface area contributed by atoms with Crippen LogP contribution in [0, 0.1) is 13.8 Å². The van der Waals surface area contributed by atoms with Gasteiger partial charge in [0.15, 0.2) is 0 Å². The molecule has 0 unspecified atom stereocenters. The molecule has 1 aromatic carbocycles. The van der Waals surface area contributed by atoms with E-state index in [1.165, 1.54) is 11.1 Å². The number of carbonyl (C=O) groups excluding carboxylic acids is 1. The number of benzene rings is 1. The van der Waals surface area contributed by atoms with Gasteiger partial charge in [0.1, 0.15) is 11.6 Å². The number of amides is 1. The fraction of sp³-hybridized carbons (Fsp3) is 0.500. The summed E-state index contributed by atoms with van der Waals surface area (Å²) < 4.78 is 1.90. The Hall–Kier alpha value is -2.17. The van der Waals surface area contributed by atoms with E-state index >= 15 is 0 Å². The highest BCUT2D eigenvalue weighted by atomic mass is 16.1. The van der Waals surface area contributed by atoms with Gasteiger partial charge in [0.05, 0.1) is 0 Å². The number of carbonyl (C=O) groups is 1. The number of nitrogens with zero attached hydrogens (tertiary/aromatic N) is 3. The molecule has 2 aromatic rings. The van der Waals surface area contributed by atoms with Gasteiger partial charge < -0.3 is 5.32 Å². The molecule has 1 atom stereocenters. The zero-order valence-electron chi connectivity index (χ0n) is 13.9. The third-order valence-electron chi connectivity index (χ3n) is 4.52. The Balaban J connectivity index is 1.41. The van der Waals surface area contributed by atoms with Crippen LogP contribution < -0.4 is 5.32 Å². The third-order valence-corrected chi connectivity index (χ3v) is 4.52.